The predicted molar refractivity (Wildman–Crippen MR) is 55.1 cm³/mol. The van der Waals surface area contributed by atoms with Crippen molar-refractivity contribution in [3.05, 3.63) is 16.9 Å². The zero-order valence-electron chi connectivity index (χ0n) is 8.66. The summed E-state index contributed by atoms with van der Waals surface area (Å²) in [5.41, 5.74) is 0.981. The lowest BCUT2D eigenvalue weighted by atomic mass is 10.0. The normalized spacial score (nSPS) is 26.2. The molecule has 0 bridgehead atoms. The maximum Gasteiger partial charge on any atom is 0.100 e. The Morgan fingerprint density at radius 1 is 1.71 bits per heavy atom. The Labute approximate surface area is 88.7 Å². The molecule has 0 saturated heterocycles. The average Bonchev–Trinajstić information content (AvgIpc) is 2.59. The zero-order valence-corrected chi connectivity index (χ0v) is 9.41. The summed E-state index contributed by atoms with van der Waals surface area (Å²) in [5, 5.41) is 14.7. The van der Waals surface area contributed by atoms with Crippen LogP contribution in [0.2, 0.25) is 5.02 Å². The number of rotatable bonds is 2. The summed E-state index contributed by atoms with van der Waals surface area (Å²) in [6.07, 6.45) is 2.15. The molecule has 0 aliphatic heterocycles. The van der Waals surface area contributed by atoms with E-state index >= 15 is 0 Å². The number of hydrogen-bond donors (Lipinski definition) is 1. The van der Waals surface area contributed by atoms with Crippen LogP contribution in [0.4, 0.5) is 0 Å². The number of halogens is 1. The van der Waals surface area contributed by atoms with Crippen LogP contribution in [-0.2, 0) is 7.05 Å². The van der Waals surface area contributed by atoms with E-state index in [1.807, 2.05) is 0 Å². The lowest BCUT2D eigenvalue weighted by Crippen LogP contribution is -2.10. The third-order valence-corrected chi connectivity index (χ3v) is 3.48. The van der Waals surface area contributed by atoms with Crippen molar-refractivity contribution in [2.75, 3.05) is 0 Å². The van der Waals surface area contributed by atoms with Crippen LogP contribution in [0.5, 0.6) is 0 Å². The third-order valence-electron chi connectivity index (χ3n) is 3.19. The molecule has 1 saturated carbocycles. The number of nitrogens with zero attached hydrogens (tertiary/aromatic N) is 2. The molecule has 1 aromatic rings. The highest BCUT2D eigenvalue weighted by atomic mass is 35.5. The Hall–Kier alpha value is -0.540. The molecule has 2 unspecified atom stereocenters. The van der Waals surface area contributed by atoms with Gasteiger partial charge in [0.25, 0.3) is 0 Å². The van der Waals surface area contributed by atoms with Gasteiger partial charge in [-0.3, -0.25) is 4.68 Å². The molecule has 0 radical (unpaired) electrons. The third kappa shape index (κ3) is 1.44. The van der Waals surface area contributed by atoms with E-state index in [1.165, 1.54) is 0 Å². The summed E-state index contributed by atoms with van der Waals surface area (Å²) in [5.74, 6) is 0.315. The van der Waals surface area contributed by atoms with Gasteiger partial charge in [0.05, 0.1) is 16.9 Å². The Kier molecular flexibility index (Phi) is 2.12. The second-order valence-electron chi connectivity index (χ2n) is 4.75. The maximum atomic E-state index is 10.1. The number of aryl methyl sites for hydroxylation is 1. The topological polar surface area (TPSA) is 38.0 Å². The fourth-order valence-corrected chi connectivity index (χ4v) is 2.27. The van der Waals surface area contributed by atoms with Crippen molar-refractivity contribution in [1.29, 1.82) is 0 Å². The highest BCUT2D eigenvalue weighted by Gasteiger charge is 2.51. The fourth-order valence-electron chi connectivity index (χ4n) is 1.99. The Morgan fingerprint density at radius 2 is 2.29 bits per heavy atom. The van der Waals surface area contributed by atoms with Crippen molar-refractivity contribution in [2.24, 2.45) is 18.4 Å². The van der Waals surface area contributed by atoms with Crippen LogP contribution in [0.1, 0.15) is 32.1 Å². The molecule has 1 fully saturated rings. The van der Waals surface area contributed by atoms with Gasteiger partial charge in [-0.1, -0.05) is 25.4 Å². The van der Waals surface area contributed by atoms with Gasteiger partial charge in [0.1, 0.15) is 6.10 Å². The molecule has 78 valence electrons. The van der Waals surface area contributed by atoms with Crippen molar-refractivity contribution in [2.45, 2.75) is 26.4 Å². The SMILES string of the molecule is Cn1ncc(Cl)c1C(O)C1CC1(C)C. The second kappa shape index (κ2) is 2.97. The van der Waals surface area contributed by atoms with E-state index in [9.17, 15) is 5.11 Å². The van der Waals surface area contributed by atoms with Gasteiger partial charge in [0.15, 0.2) is 0 Å². The van der Waals surface area contributed by atoms with Gasteiger partial charge in [-0.25, -0.2) is 0 Å². The van der Waals surface area contributed by atoms with E-state index in [-0.39, 0.29) is 5.41 Å². The largest absolute Gasteiger partial charge is 0.386 e. The molecule has 1 aliphatic carbocycles. The predicted octanol–water partition coefficient (Wildman–Crippen LogP) is 2.15. The summed E-state index contributed by atoms with van der Waals surface area (Å²) in [7, 11) is 1.81. The first-order valence-electron chi connectivity index (χ1n) is 4.79. The molecule has 1 aromatic heterocycles. The molecular formula is C10H15ClN2O. The molecule has 14 heavy (non-hydrogen) atoms. The molecule has 3 nitrogen and oxygen atoms in total. The van der Waals surface area contributed by atoms with Crippen LogP contribution >= 0.6 is 11.6 Å². The van der Waals surface area contributed by atoms with Crippen LogP contribution in [0.15, 0.2) is 6.20 Å². The van der Waals surface area contributed by atoms with Crippen molar-refractivity contribution >= 4 is 11.6 Å². The van der Waals surface area contributed by atoms with Crippen LogP contribution in [0, 0.1) is 11.3 Å². The van der Waals surface area contributed by atoms with E-state index in [4.69, 9.17) is 11.6 Å². The van der Waals surface area contributed by atoms with E-state index in [2.05, 4.69) is 18.9 Å². The molecule has 4 heteroatoms. The van der Waals surface area contributed by atoms with Gasteiger partial charge in [0, 0.05) is 7.05 Å². The summed E-state index contributed by atoms with van der Waals surface area (Å²) >= 11 is 5.96. The second-order valence-corrected chi connectivity index (χ2v) is 5.15. The molecular weight excluding hydrogens is 200 g/mol. The standard InChI is InChI=1S/C10H15ClN2O/c1-10(2)4-6(10)9(14)8-7(11)5-12-13(8)3/h5-6,9,14H,4H2,1-3H3. The summed E-state index contributed by atoms with van der Waals surface area (Å²) in [6, 6.07) is 0. The summed E-state index contributed by atoms with van der Waals surface area (Å²) in [6.45, 7) is 4.32. The van der Waals surface area contributed by atoms with Crippen LogP contribution in [-0.4, -0.2) is 14.9 Å². The van der Waals surface area contributed by atoms with Crippen LogP contribution in [0.25, 0.3) is 0 Å². The molecule has 0 aromatic carbocycles. The molecule has 0 spiro atoms. The summed E-state index contributed by atoms with van der Waals surface area (Å²) < 4.78 is 1.65. The average molecular weight is 215 g/mol. The quantitative estimate of drug-likeness (QED) is 0.820. The minimum absolute atomic E-state index is 0.243. The lowest BCUT2D eigenvalue weighted by molar-refractivity contribution is 0.129. The van der Waals surface area contributed by atoms with Crippen LogP contribution in [0.3, 0.4) is 0 Å². The van der Waals surface area contributed by atoms with Gasteiger partial charge in [-0.05, 0) is 17.8 Å². The highest BCUT2D eigenvalue weighted by molar-refractivity contribution is 6.31. The number of aromatic nitrogens is 2. The van der Waals surface area contributed by atoms with Gasteiger partial charge >= 0.3 is 0 Å². The molecule has 2 atom stereocenters. The van der Waals surface area contributed by atoms with E-state index in [0.29, 0.717) is 10.9 Å². The van der Waals surface area contributed by atoms with Crippen molar-refractivity contribution in [3.8, 4) is 0 Å². The molecule has 1 N–H and O–H groups in total. The van der Waals surface area contributed by atoms with Gasteiger partial charge < -0.3 is 5.11 Å². The van der Waals surface area contributed by atoms with Gasteiger partial charge in [-0.2, -0.15) is 5.10 Å². The number of hydrogen-bond acceptors (Lipinski definition) is 2. The van der Waals surface area contributed by atoms with Gasteiger partial charge in [0.2, 0.25) is 0 Å². The van der Waals surface area contributed by atoms with Crippen molar-refractivity contribution in [1.82, 2.24) is 9.78 Å². The zero-order chi connectivity index (χ0) is 10.5. The van der Waals surface area contributed by atoms with Crippen molar-refractivity contribution in [3.63, 3.8) is 0 Å². The van der Waals surface area contributed by atoms with Crippen molar-refractivity contribution < 1.29 is 5.11 Å². The van der Waals surface area contributed by atoms with Crippen LogP contribution < -0.4 is 0 Å². The monoisotopic (exact) mass is 214 g/mol. The molecule has 0 amide bonds. The highest BCUT2D eigenvalue weighted by Crippen LogP contribution is 2.58. The van der Waals surface area contributed by atoms with Gasteiger partial charge in [-0.15, -0.1) is 0 Å². The van der Waals surface area contributed by atoms with E-state index in [0.717, 1.165) is 12.1 Å². The maximum absolute atomic E-state index is 10.1. The first-order chi connectivity index (χ1) is 6.43. The molecule has 2 rings (SSSR count). The lowest BCUT2D eigenvalue weighted by Gasteiger charge is -2.13. The number of aliphatic hydroxyl groups excluding tert-OH is 1. The first-order valence-corrected chi connectivity index (χ1v) is 5.17. The van der Waals surface area contributed by atoms with E-state index in [1.54, 1.807) is 17.9 Å². The minimum Gasteiger partial charge on any atom is -0.386 e. The first kappa shape index (κ1) is 9.99. The molecule has 1 aliphatic rings. The molecule has 1 heterocycles. The summed E-state index contributed by atoms with van der Waals surface area (Å²) in [4.78, 5) is 0. The Bertz CT molecular complexity index is 340. The fraction of sp³-hybridized carbons (Fsp3) is 0.700. The minimum atomic E-state index is -0.481. The smallest absolute Gasteiger partial charge is 0.100 e. The Morgan fingerprint density at radius 3 is 2.64 bits per heavy atom. The van der Waals surface area contributed by atoms with E-state index < -0.39 is 6.10 Å². The Balaban J connectivity index is 2.24. The number of aliphatic hydroxyl groups is 1.